The Balaban J connectivity index is 2.37. The summed E-state index contributed by atoms with van der Waals surface area (Å²) in [5, 5.41) is 0.673. The van der Waals surface area contributed by atoms with Crippen LogP contribution in [0.1, 0.15) is 11.4 Å². The first-order chi connectivity index (χ1) is 9.61. The summed E-state index contributed by atoms with van der Waals surface area (Å²) in [6.45, 7) is 1.94. The van der Waals surface area contributed by atoms with Gasteiger partial charge in [0.05, 0.1) is 22.6 Å². The van der Waals surface area contributed by atoms with Crippen molar-refractivity contribution < 1.29 is 4.39 Å². The summed E-state index contributed by atoms with van der Waals surface area (Å²) < 4.78 is 15.2. The number of benzene rings is 2. The van der Waals surface area contributed by atoms with Crippen molar-refractivity contribution in [1.82, 2.24) is 9.55 Å². The van der Waals surface area contributed by atoms with Gasteiger partial charge in [0.1, 0.15) is 11.6 Å². The van der Waals surface area contributed by atoms with E-state index in [0.717, 1.165) is 16.8 Å². The van der Waals surface area contributed by atoms with Crippen molar-refractivity contribution in [2.45, 2.75) is 12.8 Å². The third-order valence-electron chi connectivity index (χ3n) is 3.29. The third-order valence-corrected chi connectivity index (χ3v) is 3.93. The van der Waals surface area contributed by atoms with Gasteiger partial charge in [-0.05, 0) is 36.8 Å². The van der Waals surface area contributed by atoms with E-state index in [1.165, 1.54) is 12.1 Å². The van der Waals surface area contributed by atoms with E-state index in [1.54, 1.807) is 6.07 Å². The summed E-state index contributed by atoms with van der Waals surface area (Å²) in [6.07, 6.45) is 0. The molecule has 0 bridgehead atoms. The van der Waals surface area contributed by atoms with Gasteiger partial charge in [0, 0.05) is 11.1 Å². The van der Waals surface area contributed by atoms with Crippen LogP contribution in [0.25, 0.3) is 16.7 Å². The largest absolute Gasteiger partial charge is 0.295 e. The lowest BCUT2D eigenvalue weighted by Gasteiger charge is -2.12. The number of halogens is 3. The van der Waals surface area contributed by atoms with Gasteiger partial charge in [-0.25, -0.2) is 9.37 Å². The molecule has 20 heavy (non-hydrogen) atoms. The summed E-state index contributed by atoms with van der Waals surface area (Å²) >= 11 is 12.2. The van der Waals surface area contributed by atoms with Crippen molar-refractivity contribution in [3.8, 4) is 5.69 Å². The quantitative estimate of drug-likeness (QED) is 0.618. The van der Waals surface area contributed by atoms with E-state index in [1.807, 2.05) is 29.7 Å². The number of fused-ring (bicyclic) bond motifs is 1. The molecule has 5 heteroatoms. The van der Waals surface area contributed by atoms with Crippen LogP contribution >= 0.6 is 23.2 Å². The Bertz CT molecular complexity index is 796. The van der Waals surface area contributed by atoms with E-state index in [4.69, 9.17) is 23.2 Å². The molecule has 0 spiro atoms. The molecule has 0 aliphatic heterocycles. The highest BCUT2D eigenvalue weighted by atomic mass is 35.5. The molecule has 3 rings (SSSR count). The van der Waals surface area contributed by atoms with Crippen LogP contribution in [0.15, 0.2) is 36.4 Å². The molecule has 0 aliphatic rings. The Kier molecular flexibility index (Phi) is 3.40. The summed E-state index contributed by atoms with van der Waals surface area (Å²) in [5.41, 5.74) is 3.24. The first-order valence-electron chi connectivity index (χ1n) is 6.10. The molecule has 0 amide bonds. The highest BCUT2D eigenvalue weighted by Gasteiger charge is 2.14. The summed E-state index contributed by atoms with van der Waals surface area (Å²) in [4.78, 5) is 4.39. The lowest BCUT2D eigenvalue weighted by Crippen LogP contribution is -2.01. The Morgan fingerprint density at radius 3 is 2.80 bits per heavy atom. The Hall–Kier alpha value is -1.58. The molecule has 0 N–H and O–H groups in total. The van der Waals surface area contributed by atoms with E-state index in [0.29, 0.717) is 16.4 Å². The van der Waals surface area contributed by atoms with Gasteiger partial charge in [0.2, 0.25) is 0 Å². The van der Waals surface area contributed by atoms with Crippen LogP contribution in [-0.2, 0) is 5.88 Å². The molecular formula is C15H11Cl2FN2. The van der Waals surface area contributed by atoms with Crippen LogP contribution in [0.4, 0.5) is 4.39 Å². The molecule has 0 radical (unpaired) electrons. The molecule has 0 aliphatic carbocycles. The average Bonchev–Trinajstić information content (AvgIpc) is 2.79. The maximum atomic E-state index is 13.3. The predicted octanol–water partition coefficient (Wildman–Crippen LogP) is 4.87. The van der Waals surface area contributed by atoms with Crippen LogP contribution in [0.5, 0.6) is 0 Å². The van der Waals surface area contributed by atoms with Crippen LogP contribution in [0, 0.1) is 12.7 Å². The number of hydrogen-bond acceptors (Lipinski definition) is 1. The summed E-state index contributed by atoms with van der Waals surface area (Å²) in [5.74, 6) is 0.589. The lowest BCUT2D eigenvalue weighted by atomic mass is 10.2. The minimum absolute atomic E-state index is 0.238. The summed E-state index contributed by atoms with van der Waals surface area (Å²) in [7, 11) is 0. The number of hydrogen-bond donors (Lipinski definition) is 0. The molecule has 2 nitrogen and oxygen atoms in total. The number of imidazole rings is 1. The Labute approximate surface area is 125 Å². The maximum absolute atomic E-state index is 13.3. The number of rotatable bonds is 2. The molecule has 1 aromatic heterocycles. The van der Waals surface area contributed by atoms with Gasteiger partial charge in [-0.2, -0.15) is 0 Å². The Morgan fingerprint density at radius 1 is 1.25 bits per heavy atom. The van der Waals surface area contributed by atoms with Crippen LogP contribution < -0.4 is 0 Å². The fourth-order valence-electron chi connectivity index (χ4n) is 2.30. The highest BCUT2D eigenvalue weighted by Crippen LogP contribution is 2.28. The minimum atomic E-state index is -0.314. The zero-order valence-electron chi connectivity index (χ0n) is 10.7. The Morgan fingerprint density at radius 2 is 2.05 bits per heavy atom. The molecule has 0 saturated heterocycles. The van der Waals surface area contributed by atoms with Gasteiger partial charge < -0.3 is 0 Å². The van der Waals surface area contributed by atoms with Gasteiger partial charge in [0.15, 0.2) is 0 Å². The van der Waals surface area contributed by atoms with Gasteiger partial charge >= 0.3 is 0 Å². The second-order valence-electron chi connectivity index (χ2n) is 4.51. The van der Waals surface area contributed by atoms with Crippen molar-refractivity contribution in [3.05, 3.63) is 58.6 Å². The molecule has 2 aromatic carbocycles. The van der Waals surface area contributed by atoms with E-state index in [9.17, 15) is 4.39 Å². The topological polar surface area (TPSA) is 17.8 Å². The van der Waals surface area contributed by atoms with Crippen molar-refractivity contribution in [2.75, 3.05) is 0 Å². The van der Waals surface area contributed by atoms with E-state index >= 15 is 0 Å². The summed E-state index contributed by atoms with van der Waals surface area (Å²) in [6, 6.07) is 10.2. The first-order valence-corrected chi connectivity index (χ1v) is 7.01. The lowest BCUT2D eigenvalue weighted by molar-refractivity contribution is 0.629. The van der Waals surface area contributed by atoms with Gasteiger partial charge in [-0.3, -0.25) is 4.57 Å². The monoisotopic (exact) mass is 308 g/mol. The zero-order valence-corrected chi connectivity index (χ0v) is 12.2. The second kappa shape index (κ2) is 5.08. The number of aromatic nitrogens is 2. The van der Waals surface area contributed by atoms with Crippen molar-refractivity contribution >= 4 is 34.2 Å². The van der Waals surface area contributed by atoms with Gasteiger partial charge in [-0.1, -0.05) is 17.7 Å². The zero-order chi connectivity index (χ0) is 14.3. The van der Waals surface area contributed by atoms with E-state index < -0.39 is 0 Å². The minimum Gasteiger partial charge on any atom is -0.295 e. The molecule has 0 unspecified atom stereocenters. The molecular weight excluding hydrogens is 298 g/mol. The van der Waals surface area contributed by atoms with Crippen molar-refractivity contribution in [2.24, 2.45) is 0 Å². The average molecular weight is 309 g/mol. The molecule has 3 aromatic rings. The second-order valence-corrected chi connectivity index (χ2v) is 5.19. The maximum Gasteiger partial charge on any atom is 0.129 e. The van der Waals surface area contributed by atoms with Crippen molar-refractivity contribution in [3.63, 3.8) is 0 Å². The van der Waals surface area contributed by atoms with Crippen LogP contribution in [0.2, 0.25) is 5.02 Å². The highest BCUT2D eigenvalue weighted by molar-refractivity contribution is 6.31. The first kappa shape index (κ1) is 13.4. The van der Waals surface area contributed by atoms with Gasteiger partial charge in [0.25, 0.3) is 0 Å². The molecule has 0 atom stereocenters. The number of nitrogens with zero attached hydrogens (tertiary/aromatic N) is 2. The van der Waals surface area contributed by atoms with Crippen LogP contribution in [-0.4, -0.2) is 9.55 Å². The van der Waals surface area contributed by atoms with Gasteiger partial charge in [-0.15, -0.1) is 11.6 Å². The SMILES string of the molecule is Cc1c(Cl)cccc1-n1c(CCl)nc2cc(F)ccc21. The third kappa shape index (κ3) is 2.07. The fourth-order valence-corrected chi connectivity index (χ4v) is 2.65. The molecule has 0 saturated carbocycles. The predicted molar refractivity (Wildman–Crippen MR) is 80.3 cm³/mol. The molecule has 0 fully saturated rings. The van der Waals surface area contributed by atoms with E-state index in [2.05, 4.69) is 4.98 Å². The number of alkyl halides is 1. The smallest absolute Gasteiger partial charge is 0.129 e. The fraction of sp³-hybridized carbons (Fsp3) is 0.133. The molecule has 102 valence electrons. The van der Waals surface area contributed by atoms with Crippen molar-refractivity contribution in [1.29, 1.82) is 0 Å². The normalized spacial score (nSPS) is 11.2. The van der Waals surface area contributed by atoms with Crippen LogP contribution in [0.3, 0.4) is 0 Å². The molecule has 1 heterocycles. The standard InChI is InChI=1S/C15H11Cl2FN2/c1-9-11(17)3-2-4-13(9)20-14-6-5-10(18)7-12(14)19-15(20)8-16/h2-7H,8H2,1H3. The van der Waals surface area contributed by atoms with E-state index in [-0.39, 0.29) is 11.7 Å².